The smallest absolute Gasteiger partial charge is 0.396 e. The maximum atomic E-state index is 12.2. The number of nitrogens with zero attached hydrogens (tertiary/aromatic N) is 1. The molecule has 0 aliphatic rings. The van der Waals surface area contributed by atoms with Crippen molar-refractivity contribution in [1.29, 1.82) is 0 Å². The van der Waals surface area contributed by atoms with Gasteiger partial charge in [0.2, 0.25) is 5.91 Å². The quantitative estimate of drug-likeness (QED) is 0.707. The third kappa shape index (κ3) is 10.1. The SMILES string of the molecule is CC(C)NC(=O)CN(CCCO)CC(F)(F)F. The van der Waals surface area contributed by atoms with Crippen LogP contribution in [0, 0.1) is 0 Å². The predicted octanol–water partition coefficient (Wildman–Crippen LogP) is 0.758. The Morgan fingerprint density at radius 3 is 2.41 bits per heavy atom. The average molecular weight is 256 g/mol. The van der Waals surface area contributed by atoms with Gasteiger partial charge in [0.15, 0.2) is 0 Å². The zero-order valence-corrected chi connectivity index (χ0v) is 10.0. The summed E-state index contributed by atoms with van der Waals surface area (Å²) in [4.78, 5) is 12.3. The number of alkyl halides is 3. The van der Waals surface area contributed by atoms with Gasteiger partial charge in [0.1, 0.15) is 0 Å². The number of nitrogens with one attached hydrogen (secondary N) is 1. The van der Waals surface area contributed by atoms with Gasteiger partial charge in [-0.1, -0.05) is 0 Å². The van der Waals surface area contributed by atoms with E-state index in [0.717, 1.165) is 4.90 Å². The first-order valence-corrected chi connectivity index (χ1v) is 5.44. The topological polar surface area (TPSA) is 52.6 Å². The third-order valence-corrected chi connectivity index (χ3v) is 1.85. The van der Waals surface area contributed by atoms with Crippen LogP contribution in [-0.4, -0.2) is 54.4 Å². The molecule has 0 saturated carbocycles. The van der Waals surface area contributed by atoms with Crippen LogP contribution in [0.2, 0.25) is 0 Å². The Hall–Kier alpha value is -0.820. The number of aliphatic hydroxyl groups excluding tert-OH is 1. The Balaban J connectivity index is 4.22. The molecule has 0 unspecified atom stereocenters. The molecule has 17 heavy (non-hydrogen) atoms. The maximum absolute atomic E-state index is 12.2. The number of carbonyl (C=O) groups is 1. The van der Waals surface area contributed by atoms with Crippen molar-refractivity contribution in [1.82, 2.24) is 10.2 Å². The minimum atomic E-state index is -4.34. The minimum absolute atomic E-state index is 0.0432. The highest BCUT2D eigenvalue weighted by atomic mass is 19.4. The molecule has 0 rings (SSSR count). The highest BCUT2D eigenvalue weighted by Crippen LogP contribution is 2.16. The molecule has 0 aromatic carbocycles. The second-order valence-corrected chi connectivity index (χ2v) is 4.13. The molecule has 0 fully saturated rings. The van der Waals surface area contributed by atoms with Crippen LogP contribution < -0.4 is 5.32 Å². The number of rotatable bonds is 7. The summed E-state index contributed by atoms with van der Waals surface area (Å²) < 4.78 is 36.6. The second kappa shape index (κ2) is 7.50. The summed E-state index contributed by atoms with van der Waals surface area (Å²) in [7, 11) is 0. The summed E-state index contributed by atoms with van der Waals surface area (Å²) in [5, 5.41) is 11.1. The zero-order valence-electron chi connectivity index (χ0n) is 10.0. The monoisotopic (exact) mass is 256 g/mol. The molecule has 0 bridgehead atoms. The van der Waals surface area contributed by atoms with Crippen molar-refractivity contribution in [2.24, 2.45) is 0 Å². The molecule has 0 aliphatic heterocycles. The van der Waals surface area contributed by atoms with Crippen LogP contribution in [-0.2, 0) is 4.79 Å². The van der Waals surface area contributed by atoms with E-state index in [1.807, 2.05) is 0 Å². The Bertz CT molecular complexity index is 232. The van der Waals surface area contributed by atoms with E-state index in [1.54, 1.807) is 13.8 Å². The second-order valence-electron chi connectivity index (χ2n) is 4.13. The zero-order chi connectivity index (χ0) is 13.5. The van der Waals surface area contributed by atoms with E-state index < -0.39 is 18.6 Å². The lowest BCUT2D eigenvalue weighted by Crippen LogP contribution is -2.44. The molecule has 7 heteroatoms. The fraction of sp³-hybridized carbons (Fsp3) is 0.900. The lowest BCUT2D eigenvalue weighted by Gasteiger charge is -2.23. The van der Waals surface area contributed by atoms with Crippen LogP contribution in [0.4, 0.5) is 13.2 Å². The van der Waals surface area contributed by atoms with E-state index in [-0.39, 0.29) is 32.2 Å². The van der Waals surface area contributed by atoms with E-state index in [4.69, 9.17) is 5.11 Å². The Labute approximate surface area is 98.8 Å². The van der Waals surface area contributed by atoms with Crippen LogP contribution in [0.1, 0.15) is 20.3 Å². The van der Waals surface area contributed by atoms with Crippen LogP contribution in [0.3, 0.4) is 0 Å². The molecule has 0 atom stereocenters. The number of halogens is 3. The van der Waals surface area contributed by atoms with Gasteiger partial charge in [0.05, 0.1) is 13.1 Å². The highest BCUT2D eigenvalue weighted by Gasteiger charge is 2.31. The fourth-order valence-electron chi connectivity index (χ4n) is 1.33. The van der Waals surface area contributed by atoms with Crippen molar-refractivity contribution >= 4 is 5.91 Å². The van der Waals surface area contributed by atoms with Crippen LogP contribution in [0.5, 0.6) is 0 Å². The molecule has 0 heterocycles. The molecule has 0 aromatic heterocycles. The van der Waals surface area contributed by atoms with Crippen molar-refractivity contribution in [2.75, 3.05) is 26.2 Å². The molecule has 0 aliphatic carbocycles. The van der Waals surface area contributed by atoms with Gasteiger partial charge in [-0.05, 0) is 20.3 Å². The largest absolute Gasteiger partial charge is 0.401 e. The number of hydrogen-bond donors (Lipinski definition) is 2. The standard InChI is InChI=1S/C10H19F3N2O2/c1-8(2)14-9(17)6-15(4-3-5-16)7-10(11,12)13/h8,16H,3-7H2,1-2H3,(H,14,17). The summed E-state index contributed by atoms with van der Waals surface area (Å²) in [6, 6.07) is -0.104. The Morgan fingerprint density at radius 1 is 1.41 bits per heavy atom. The summed E-state index contributed by atoms with van der Waals surface area (Å²) in [5.74, 6) is -0.442. The first kappa shape index (κ1) is 16.2. The normalized spacial score (nSPS) is 12.2. The van der Waals surface area contributed by atoms with Crippen LogP contribution >= 0.6 is 0 Å². The van der Waals surface area contributed by atoms with Gasteiger partial charge in [-0.2, -0.15) is 13.2 Å². The Kier molecular flexibility index (Phi) is 7.13. The summed E-state index contributed by atoms with van der Waals surface area (Å²) in [6.45, 7) is 1.87. The summed E-state index contributed by atoms with van der Waals surface area (Å²) >= 11 is 0. The number of aliphatic hydroxyl groups is 1. The maximum Gasteiger partial charge on any atom is 0.401 e. The van der Waals surface area contributed by atoms with Crippen molar-refractivity contribution < 1.29 is 23.1 Å². The summed E-state index contributed by atoms with van der Waals surface area (Å²) in [6.07, 6.45) is -4.13. The van der Waals surface area contributed by atoms with Gasteiger partial charge >= 0.3 is 6.18 Å². The van der Waals surface area contributed by atoms with Gasteiger partial charge in [0, 0.05) is 19.2 Å². The number of carbonyl (C=O) groups excluding carboxylic acids is 1. The molecule has 2 N–H and O–H groups in total. The van der Waals surface area contributed by atoms with E-state index in [1.165, 1.54) is 0 Å². The molecule has 0 saturated heterocycles. The highest BCUT2D eigenvalue weighted by molar-refractivity contribution is 5.78. The molecule has 0 spiro atoms. The average Bonchev–Trinajstić information content (AvgIpc) is 2.10. The molecule has 0 aromatic rings. The van der Waals surface area contributed by atoms with Crippen molar-refractivity contribution in [2.45, 2.75) is 32.5 Å². The molecule has 0 radical (unpaired) electrons. The number of hydrogen-bond acceptors (Lipinski definition) is 3. The predicted molar refractivity (Wildman–Crippen MR) is 57.5 cm³/mol. The van der Waals surface area contributed by atoms with E-state index >= 15 is 0 Å². The van der Waals surface area contributed by atoms with Gasteiger partial charge in [-0.25, -0.2) is 0 Å². The number of amides is 1. The lowest BCUT2D eigenvalue weighted by atomic mass is 10.3. The van der Waals surface area contributed by atoms with Gasteiger partial charge in [-0.3, -0.25) is 9.69 Å². The van der Waals surface area contributed by atoms with Gasteiger partial charge in [0.25, 0.3) is 0 Å². The van der Waals surface area contributed by atoms with E-state index in [2.05, 4.69) is 5.32 Å². The molecule has 1 amide bonds. The minimum Gasteiger partial charge on any atom is -0.396 e. The fourth-order valence-corrected chi connectivity index (χ4v) is 1.33. The lowest BCUT2D eigenvalue weighted by molar-refractivity contribution is -0.149. The molecule has 4 nitrogen and oxygen atoms in total. The van der Waals surface area contributed by atoms with Crippen LogP contribution in [0.15, 0.2) is 0 Å². The van der Waals surface area contributed by atoms with Gasteiger partial charge < -0.3 is 10.4 Å². The third-order valence-electron chi connectivity index (χ3n) is 1.85. The summed E-state index contributed by atoms with van der Waals surface area (Å²) in [5.41, 5.74) is 0. The molecular formula is C10H19F3N2O2. The van der Waals surface area contributed by atoms with Gasteiger partial charge in [-0.15, -0.1) is 0 Å². The molecular weight excluding hydrogens is 237 g/mol. The molecule has 102 valence electrons. The van der Waals surface area contributed by atoms with Crippen molar-refractivity contribution in [3.8, 4) is 0 Å². The first-order chi connectivity index (χ1) is 7.74. The Morgan fingerprint density at radius 2 is 2.00 bits per heavy atom. The van der Waals surface area contributed by atoms with Crippen LogP contribution in [0.25, 0.3) is 0 Å². The van der Waals surface area contributed by atoms with Crippen molar-refractivity contribution in [3.63, 3.8) is 0 Å². The van der Waals surface area contributed by atoms with E-state index in [9.17, 15) is 18.0 Å². The van der Waals surface area contributed by atoms with E-state index in [0.29, 0.717) is 0 Å². The first-order valence-electron chi connectivity index (χ1n) is 5.44. The van der Waals surface area contributed by atoms with Crippen molar-refractivity contribution in [3.05, 3.63) is 0 Å².